The number of hydrogen-bond acceptors (Lipinski definition) is 1. The van der Waals surface area contributed by atoms with Crippen LogP contribution in [0.15, 0.2) is 18.2 Å². The van der Waals surface area contributed by atoms with Gasteiger partial charge < -0.3 is 5.32 Å². The van der Waals surface area contributed by atoms with Gasteiger partial charge in [-0.1, -0.05) is 23.2 Å². The van der Waals surface area contributed by atoms with Gasteiger partial charge in [-0.25, -0.2) is 10.1 Å². The van der Waals surface area contributed by atoms with Gasteiger partial charge in [-0.15, -0.1) is 0 Å². The van der Waals surface area contributed by atoms with E-state index in [2.05, 4.69) is 10.6 Å². The van der Waals surface area contributed by atoms with Crippen LogP contribution in [0.2, 0.25) is 10.0 Å². The molecule has 0 aromatic heterocycles. The van der Waals surface area contributed by atoms with Gasteiger partial charge in [0.05, 0.1) is 10.0 Å². The summed E-state index contributed by atoms with van der Waals surface area (Å²) in [6.45, 7) is 0. The summed E-state index contributed by atoms with van der Waals surface area (Å²) in [5, 5.41) is 6.77. The van der Waals surface area contributed by atoms with E-state index in [4.69, 9.17) is 23.2 Å². The van der Waals surface area contributed by atoms with Crippen LogP contribution < -0.4 is 10.6 Å². The van der Waals surface area contributed by atoms with Crippen LogP contribution in [0.4, 0.5) is 10.5 Å². The van der Waals surface area contributed by atoms with Crippen molar-refractivity contribution in [3.05, 3.63) is 28.2 Å². The number of anilines is 1. The molecule has 0 heterocycles. The molecule has 1 rings (SSSR count). The monoisotopic (exact) mass is 217 g/mol. The van der Waals surface area contributed by atoms with E-state index in [1.807, 2.05) is 0 Å². The molecule has 0 fully saturated rings. The minimum absolute atomic E-state index is 0.399. The molecule has 0 bridgehead atoms. The second-order valence-electron chi connectivity index (χ2n) is 2.28. The maximum Gasteiger partial charge on any atom is 0.340 e. The third-order valence-corrected chi connectivity index (χ3v) is 2.11. The van der Waals surface area contributed by atoms with E-state index in [0.29, 0.717) is 15.7 Å². The fraction of sp³-hybridized carbons (Fsp3) is 0.125. The summed E-state index contributed by atoms with van der Waals surface area (Å²) < 4.78 is 0. The van der Waals surface area contributed by atoms with Crippen LogP contribution in [0.1, 0.15) is 0 Å². The molecule has 0 saturated carbocycles. The van der Waals surface area contributed by atoms with E-state index >= 15 is 0 Å². The molecule has 13 heavy (non-hydrogen) atoms. The van der Waals surface area contributed by atoms with E-state index in [9.17, 15) is 4.79 Å². The molecule has 0 aliphatic heterocycles. The van der Waals surface area contributed by atoms with Gasteiger partial charge in [0.15, 0.2) is 0 Å². The zero-order valence-electron chi connectivity index (χ0n) is 6.84. The lowest BCUT2D eigenvalue weighted by Crippen LogP contribution is -2.18. The van der Waals surface area contributed by atoms with Crippen molar-refractivity contribution >= 4 is 34.9 Å². The maximum atomic E-state index is 10.8. The molecule has 2 amide bonds. The SMILES string of the molecule is C[N]C(=O)Nc1ccc(Cl)c(Cl)c1. The van der Waals surface area contributed by atoms with E-state index in [0.717, 1.165) is 0 Å². The van der Waals surface area contributed by atoms with Crippen LogP contribution in [0.25, 0.3) is 0 Å². The van der Waals surface area contributed by atoms with E-state index in [1.54, 1.807) is 18.2 Å². The van der Waals surface area contributed by atoms with E-state index in [1.165, 1.54) is 7.05 Å². The van der Waals surface area contributed by atoms with Gasteiger partial charge in [0.25, 0.3) is 0 Å². The number of rotatable bonds is 1. The van der Waals surface area contributed by atoms with Crippen molar-refractivity contribution in [1.29, 1.82) is 0 Å². The molecule has 0 unspecified atom stereocenters. The van der Waals surface area contributed by atoms with Gasteiger partial charge in [-0.3, -0.25) is 0 Å². The van der Waals surface area contributed by atoms with Crippen molar-refractivity contribution in [2.75, 3.05) is 12.4 Å². The lowest BCUT2D eigenvalue weighted by molar-refractivity contribution is 0.253. The predicted octanol–water partition coefficient (Wildman–Crippen LogP) is 2.76. The van der Waals surface area contributed by atoms with Gasteiger partial charge >= 0.3 is 6.03 Å². The number of carbonyl (C=O) groups is 1. The minimum Gasteiger partial charge on any atom is -0.306 e. The molecule has 1 aromatic carbocycles. The summed E-state index contributed by atoms with van der Waals surface area (Å²) in [4.78, 5) is 10.8. The summed E-state index contributed by atoms with van der Waals surface area (Å²) in [6.07, 6.45) is 0. The molecule has 0 spiro atoms. The first-order valence-corrected chi connectivity index (χ1v) is 4.25. The van der Waals surface area contributed by atoms with Crippen LogP contribution in [0.3, 0.4) is 0 Å². The Hall–Kier alpha value is -0.930. The van der Waals surface area contributed by atoms with Gasteiger partial charge in [0.1, 0.15) is 0 Å². The Morgan fingerprint density at radius 3 is 2.62 bits per heavy atom. The van der Waals surface area contributed by atoms with E-state index < -0.39 is 6.03 Å². The number of nitrogens with zero attached hydrogens (tertiary/aromatic N) is 1. The van der Waals surface area contributed by atoms with Gasteiger partial charge in [0, 0.05) is 12.7 Å². The number of carbonyl (C=O) groups excluding carboxylic acids is 1. The number of urea groups is 1. The van der Waals surface area contributed by atoms with Crippen LogP contribution in [-0.4, -0.2) is 13.1 Å². The second-order valence-corrected chi connectivity index (χ2v) is 3.10. The predicted molar refractivity (Wildman–Crippen MR) is 53.5 cm³/mol. The van der Waals surface area contributed by atoms with Crippen LogP contribution in [-0.2, 0) is 0 Å². The first kappa shape index (κ1) is 10.2. The highest BCUT2D eigenvalue weighted by atomic mass is 35.5. The Morgan fingerprint density at radius 1 is 1.38 bits per heavy atom. The van der Waals surface area contributed by atoms with Crippen molar-refractivity contribution in [2.45, 2.75) is 0 Å². The van der Waals surface area contributed by atoms with Gasteiger partial charge in [-0.2, -0.15) is 0 Å². The molecule has 1 N–H and O–H groups in total. The fourth-order valence-electron chi connectivity index (χ4n) is 0.753. The van der Waals surface area contributed by atoms with Gasteiger partial charge in [-0.05, 0) is 18.2 Å². The number of amides is 2. The average Bonchev–Trinajstić information content (AvgIpc) is 2.11. The standard InChI is InChI=1S/C8H7Cl2N2O/c1-11-8(13)12-5-2-3-6(9)7(10)4-5/h2-4H,1H3,(H,12,13). The maximum absolute atomic E-state index is 10.8. The molecule has 0 saturated heterocycles. The van der Waals surface area contributed by atoms with Crippen molar-refractivity contribution in [1.82, 2.24) is 5.32 Å². The highest BCUT2D eigenvalue weighted by molar-refractivity contribution is 6.42. The summed E-state index contributed by atoms with van der Waals surface area (Å²) in [5.74, 6) is 0. The Labute approximate surface area is 86.0 Å². The Balaban J connectivity index is 2.79. The topological polar surface area (TPSA) is 43.2 Å². The van der Waals surface area contributed by atoms with Crippen LogP contribution in [0, 0.1) is 0 Å². The van der Waals surface area contributed by atoms with Crippen molar-refractivity contribution in [3.63, 3.8) is 0 Å². The quantitative estimate of drug-likeness (QED) is 0.773. The summed E-state index contributed by atoms with van der Waals surface area (Å²) in [7, 11) is 1.41. The largest absolute Gasteiger partial charge is 0.340 e. The molecule has 5 heteroatoms. The minimum atomic E-state index is -0.418. The second kappa shape index (κ2) is 4.35. The summed E-state index contributed by atoms with van der Waals surface area (Å²) >= 11 is 11.4. The Bertz CT molecular complexity index is 328. The number of hydrogen-bond donors (Lipinski definition) is 1. The van der Waals surface area contributed by atoms with Gasteiger partial charge in [0.2, 0.25) is 0 Å². The van der Waals surface area contributed by atoms with E-state index in [-0.39, 0.29) is 0 Å². The number of benzene rings is 1. The lowest BCUT2D eigenvalue weighted by atomic mass is 10.3. The first-order valence-electron chi connectivity index (χ1n) is 3.49. The zero-order valence-corrected chi connectivity index (χ0v) is 8.36. The number of halogens is 2. The van der Waals surface area contributed by atoms with Crippen molar-refractivity contribution in [2.24, 2.45) is 0 Å². The third-order valence-electron chi connectivity index (χ3n) is 1.37. The fourth-order valence-corrected chi connectivity index (χ4v) is 1.05. The van der Waals surface area contributed by atoms with Crippen LogP contribution >= 0.6 is 23.2 Å². The average molecular weight is 218 g/mol. The lowest BCUT2D eigenvalue weighted by Gasteiger charge is -2.03. The molecule has 0 aliphatic carbocycles. The third kappa shape index (κ3) is 2.79. The van der Waals surface area contributed by atoms with Crippen molar-refractivity contribution < 1.29 is 4.79 Å². The molecule has 1 radical (unpaired) electrons. The molecule has 1 aromatic rings. The molecule has 0 atom stereocenters. The Morgan fingerprint density at radius 2 is 2.08 bits per heavy atom. The Kier molecular flexibility index (Phi) is 3.39. The first-order chi connectivity index (χ1) is 6.13. The highest BCUT2D eigenvalue weighted by Gasteiger charge is 2.02. The molecule has 69 valence electrons. The molecule has 0 aliphatic rings. The molecule has 3 nitrogen and oxygen atoms in total. The molecular formula is C8H7Cl2N2O. The molecular weight excluding hydrogens is 211 g/mol. The highest BCUT2D eigenvalue weighted by Crippen LogP contribution is 2.24. The van der Waals surface area contributed by atoms with Crippen LogP contribution in [0.5, 0.6) is 0 Å². The normalized spacial score (nSPS) is 9.46. The smallest absolute Gasteiger partial charge is 0.306 e. The van der Waals surface area contributed by atoms with Crippen molar-refractivity contribution in [3.8, 4) is 0 Å². The number of nitrogens with one attached hydrogen (secondary N) is 1. The summed E-state index contributed by atoms with van der Waals surface area (Å²) in [6, 6.07) is 4.40. The summed E-state index contributed by atoms with van der Waals surface area (Å²) in [5.41, 5.74) is 0.574. The zero-order chi connectivity index (χ0) is 9.84.